The third kappa shape index (κ3) is 1.89. The van der Waals surface area contributed by atoms with Gasteiger partial charge in [-0.05, 0) is 31.2 Å². The summed E-state index contributed by atoms with van der Waals surface area (Å²) >= 11 is 3.58. The molecule has 0 atom stereocenters. The molecule has 0 bridgehead atoms. The van der Waals surface area contributed by atoms with Gasteiger partial charge in [-0.2, -0.15) is 0 Å². The number of aromatic nitrogens is 1. The van der Waals surface area contributed by atoms with Crippen LogP contribution in [0.5, 0.6) is 0 Å². The van der Waals surface area contributed by atoms with E-state index in [0.29, 0.717) is 0 Å². The van der Waals surface area contributed by atoms with E-state index in [9.17, 15) is 0 Å². The molecule has 0 fully saturated rings. The number of nitrogens with one attached hydrogen (secondary N) is 1. The highest BCUT2D eigenvalue weighted by molar-refractivity contribution is 9.10. The minimum atomic E-state index is 1.11. The van der Waals surface area contributed by atoms with Crippen LogP contribution in [-0.2, 0) is 0 Å². The minimum Gasteiger partial charge on any atom is -0.354 e. The lowest BCUT2D eigenvalue weighted by molar-refractivity contribution is 1.43. The quantitative estimate of drug-likeness (QED) is 0.654. The van der Waals surface area contributed by atoms with Crippen LogP contribution in [0.15, 0.2) is 53.0 Å². The molecule has 1 nitrogen and oxygen atoms in total. The second-order valence-electron chi connectivity index (χ2n) is 4.25. The van der Waals surface area contributed by atoms with E-state index in [1.165, 1.54) is 22.0 Å². The van der Waals surface area contributed by atoms with Crippen molar-refractivity contribution >= 4 is 26.8 Å². The Hall–Kier alpha value is -1.54. The molecule has 1 heterocycles. The van der Waals surface area contributed by atoms with Crippen LogP contribution in [-0.4, -0.2) is 4.98 Å². The molecule has 0 amide bonds. The number of benzene rings is 2. The summed E-state index contributed by atoms with van der Waals surface area (Å²) < 4.78 is 1.11. The summed E-state index contributed by atoms with van der Waals surface area (Å²) in [4.78, 5) is 3.45. The van der Waals surface area contributed by atoms with Crippen LogP contribution in [0.1, 0.15) is 5.56 Å². The lowest BCUT2D eigenvalue weighted by atomic mass is 10.1. The Kier molecular flexibility index (Phi) is 2.52. The molecule has 3 aromatic rings. The summed E-state index contributed by atoms with van der Waals surface area (Å²) in [6, 6.07) is 16.9. The standard InChI is InChI=1S/C15H12BrN/c1-10-6-7-14-11(8-10)9-15(17-14)12-4-2-3-5-13(12)16/h2-9,17H,1H3. The Morgan fingerprint density at radius 2 is 1.82 bits per heavy atom. The van der Waals surface area contributed by atoms with Crippen molar-refractivity contribution in [3.05, 3.63) is 58.6 Å². The molecule has 0 unspecified atom stereocenters. The van der Waals surface area contributed by atoms with Crippen molar-refractivity contribution in [1.29, 1.82) is 0 Å². The van der Waals surface area contributed by atoms with Gasteiger partial charge in [0, 0.05) is 26.6 Å². The van der Waals surface area contributed by atoms with Gasteiger partial charge >= 0.3 is 0 Å². The molecular formula is C15H12BrN. The average Bonchev–Trinajstić information content (AvgIpc) is 2.72. The molecule has 0 radical (unpaired) electrons. The minimum absolute atomic E-state index is 1.11. The van der Waals surface area contributed by atoms with Crippen LogP contribution >= 0.6 is 15.9 Å². The van der Waals surface area contributed by atoms with Gasteiger partial charge in [-0.3, -0.25) is 0 Å². The number of rotatable bonds is 1. The maximum Gasteiger partial charge on any atom is 0.0476 e. The van der Waals surface area contributed by atoms with Gasteiger partial charge in [-0.15, -0.1) is 0 Å². The molecule has 2 aromatic carbocycles. The van der Waals surface area contributed by atoms with E-state index < -0.39 is 0 Å². The molecule has 2 heteroatoms. The molecule has 1 N–H and O–H groups in total. The van der Waals surface area contributed by atoms with Crippen LogP contribution in [0.4, 0.5) is 0 Å². The monoisotopic (exact) mass is 285 g/mol. The lowest BCUT2D eigenvalue weighted by Gasteiger charge is -2.00. The van der Waals surface area contributed by atoms with Crippen LogP contribution in [0.2, 0.25) is 0 Å². The van der Waals surface area contributed by atoms with Gasteiger partial charge in [0.15, 0.2) is 0 Å². The highest BCUT2D eigenvalue weighted by Crippen LogP contribution is 2.30. The Labute approximate surface area is 109 Å². The SMILES string of the molecule is Cc1ccc2[nH]c(-c3ccccc3Br)cc2c1. The normalized spacial score (nSPS) is 10.9. The molecular weight excluding hydrogens is 274 g/mol. The maximum absolute atomic E-state index is 3.58. The van der Waals surface area contributed by atoms with Crippen LogP contribution in [0.25, 0.3) is 22.2 Å². The summed E-state index contributed by atoms with van der Waals surface area (Å²) in [7, 11) is 0. The summed E-state index contributed by atoms with van der Waals surface area (Å²) in [5.41, 5.74) is 4.82. The zero-order chi connectivity index (χ0) is 11.8. The fourth-order valence-corrected chi connectivity index (χ4v) is 2.58. The van der Waals surface area contributed by atoms with Crippen molar-refractivity contribution < 1.29 is 0 Å². The second-order valence-corrected chi connectivity index (χ2v) is 5.11. The molecule has 0 aliphatic rings. The number of aryl methyl sites for hydroxylation is 1. The van der Waals surface area contributed by atoms with E-state index in [1.807, 2.05) is 6.07 Å². The van der Waals surface area contributed by atoms with Gasteiger partial charge in [0.2, 0.25) is 0 Å². The summed E-state index contributed by atoms with van der Waals surface area (Å²) in [6.45, 7) is 2.12. The average molecular weight is 286 g/mol. The first-order valence-electron chi connectivity index (χ1n) is 5.58. The molecule has 0 saturated heterocycles. The molecule has 0 spiro atoms. The number of H-pyrrole nitrogens is 1. The molecule has 1 aromatic heterocycles. The van der Waals surface area contributed by atoms with Crippen LogP contribution in [0, 0.1) is 6.92 Å². The Morgan fingerprint density at radius 1 is 1.00 bits per heavy atom. The topological polar surface area (TPSA) is 15.8 Å². The van der Waals surface area contributed by atoms with Crippen molar-refractivity contribution in [1.82, 2.24) is 4.98 Å². The third-order valence-electron chi connectivity index (χ3n) is 2.94. The van der Waals surface area contributed by atoms with Gasteiger partial charge in [-0.25, -0.2) is 0 Å². The second kappa shape index (κ2) is 4.04. The maximum atomic E-state index is 3.58. The zero-order valence-electron chi connectivity index (χ0n) is 9.50. The van der Waals surface area contributed by atoms with Crippen molar-refractivity contribution in [2.24, 2.45) is 0 Å². The van der Waals surface area contributed by atoms with E-state index >= 15 is 0 Å². The Balaban J connectivity index is 2.22. The largest absolute Gasteiger partial charge is 0.354 e. The predicted octanol–water partition coefficient (Wildman–Crippen LogP) is 4.91. The van der Waals surface area contributed by atoms with Gasteiger partial charge in [0.1, 0.15) is 0 Å². The van der Waals surface area contributed by atoms with E-state index in [1.54, 1.807) is 0 Å². The summed E-state index contributed by atoms with van der Waals surface area (Å²) in [5, 5.41) is 1.26. The summed E-state index contributed by atoms with van der Waals surface area (Å²) in [5.74, 6) is 0. The van der Waals surface area contributed by atoms with Gasteiger partial charge in [0.05, 0.1) is 0 Å². The third-order valence-corrected chi connectivity index (χ3v) is 3.63. The first kappa shape index (κ1) is 10.6. The summed E-state index contributed by atoms with van der Waals surface area (Å²) in [6.07, 6.45) is 0. The van der Waals surface area contributed by atoms with Crippen molar-refractivity contribution in [2.45, 2.75) is 6.92 Å². The van der Waals surface area contributed by atoms with E-state index in [2.05, 4.69) is 70.3 Å². The Morgan fingerprint density at radius 3 is 2.65 bits per heavy atom. The fraction of sp³-hybridized carbons (Fsp3) is 0.0667. The van der Waals surface area contributed by atoms with Crippen molar-refractivity contribution in [3.8, 4) is 11.3 Å². The van der Waals surface area contributed by atoms with Gasteiger partial charge in [-0.1, -0.05) is 45.8 Å². The van der Waals surface area contributed by atoms with Gasteiger partial charge in [0.25, 0.3) is 0 Å². The number of halogens is 1. The van der Waals surface area contributed by atoms with Crippen molar-refractivity contribution in [3.63, 3.8) is 0 Å². The smallest absolute Gasteiger partial charge is 0.0476 e. The lowest BCUT2D eigenvalue weighted by Crippen LogP contribution is -1.78. The molecule has 0 aliphatic carbocycles. The number of fused-ring (bicyclic) bond motifs is 1. The molecule has 0 aliphatic heterocycles. The molecule has 84 valence electrons. The fourth-order valence-electron chi connectivity index (χ4n) is 2.08. The highest BCUT2D eigenvalue weighted by Gasteiger charge is 2.05. The number of hydrogen-bond acceptors (Lipinski definition) is 0. The van der Waals surface area contributed by atoms with E-state index in [4.69, 9.17) is 0 Å². The Bertz CT molecular complexity index is 682. The molecule has 3 rings (SSSR count). The first-order valence-corrected chi connectivity index (χ1v) is 6.37. The van der Waals surface area contributed by atoms with E-state index in [0.717, 1.165) is 10.2 Å². The molecule has 17 heavy (non-hydrogen) atoms. The highest BCUT2D eigenvalue weighted by atomic mass is 79.9. The number of hydrogen-bond donors (Lipinski definition) is 1. The molecule has 0 saturated carbocycles. The first-order chi connectivity index (χ1) is 8.24. The van der Waals surface area contributed by atoms with Crippen LogP contribution in [0.3, 0.4) is 0 Å². The van der Waals surface area contributed by atoms with Crippen molar-refractivity contribution in [2.75, 3.05) is 0 Å². The zero-order valence-corrected chi connectivity index (χ0v) is 11.1. The van der Waals surface area contributed by atoms with Crippen LogP contribution < -0.4 is 0 Å². The van der Waals surface area contributed by atoms with Gasteiger partial charge < -0.3 is 4.98 Å². The number of aromatic amines is 1. The predicted molar refractivity (Wildman–Crippen MR) is 76.2 cm³/mol. The van der Waals surface area contributed by atoms with E-state index in [-0.39, 0.29) is 0 Å².